The fraction of sp³-hybridized carbons (Fsp3) is 0.238. The van der Waals surface area contributed by atoms with Crippen molar-refractivity contribution in [3.8, 4) is 22.8 Å². The van der Waals surface area contributed by atoms with Crippen LogP contribution in [-0.4, -0.2) is 31.2 Å². The number of aromatic nitrogens is 1. The number of halogens is 2. The quantitative estimate of drug-likeness (QED) is 0.546. The second-order valence-electron chi connectivity index (χ2n) is 6.04. The topological polar surface area (TPSA) is 48.1 Å². The van der Waals surface area contributed by atoms with E-state index < -0.39 is 11.6 Å². The number of thiazole rings is 1. The first-order valence-corrected chi connectivity index (χ1v) is 9.81. The minimum atomic E-state index is -0.670. The van der Waals surface area contributed by atoms with Crippen molar-refractivity contribution < 1.29 is 18.3 Å². The lowest BCUT2D eigenvalue weighted by Crippen LogP contribution is -2.15. The van der Waals surface area contributed by atoms with Gasteiger partial charge in [0.2, 0.25) is 4.80 Å². The summed E-state index contributed by atoms with van der Waals surface area (Å²) >= 11 is 1.38. The van der Waals surface area contributed by atoms with Gasteiger partial charge < -0.3 is 9.47 Å². The van der Waals surface area contributed by atoms with E-state index in [1.807, 2.05) is 18.4 Å². The van der Waals surface area contributed by atoms with Crippen molar-refractivity contribution in [2.75, 3.05) is 20.8 Å². The third kappa shape index (κ3) is 4.22. The van der Waals surface area contributed by atoms with E-state index in [-0.39, 0.29) is 11.3 Å². The molecule has 0 aliphatic carbocycles. The molecule has 0 bridgehead atoms. The number of nitrogens with zero attached hydrogens (tertiary/aromatic N) is 3. The highest BCUT2D eigenvalue weighted by atomic mass is 32.1. The Bertz CT molecular complexity index is 1100. The van der Waals surface area contributed by atoms with Gasteiger partial charge in [-0.05, 0) is 44.2 Å². The largest absolute Gasteiger partial charge is 0.497 e. The Kier molecular flexibility index (Phi) is 6.43. The smallest absolute Gasteiger partial charge is 0.206 e. The van der Waals surface area contributed by atoms with E-state index in [0.29, 0.717) is 28.5 Å². The van der Waals surface area contributed by atoms with Gasteiger partial charge >= 0.3 is 0 Å². The van der Waals surface area contributed by atoms with Crippen LogP contribution in [0, 0.1) is 11.6 Å². The van der Waals surface area contributed by atoms with Crippen LogP contribution in [0.3, 0.4) is 0 Å². The van der Waals surface area contributed by atoms with E-state index in [1.165, 1.54) is 29.5 Å². The Labute approximate surface area is 171 Å². The minimum Gasteiger partial charge on any atom is -0.497 e. The first-order chi connectivity index (χ1) is 14.0. The minimum absolute atomic E-state index is 0.169. The van der Waals surface area contributed by atoms with E-state index in [4.69, 9.17) is 9.47 Å². The molecule has 3 rings (SSSR count). The summed E-state index contributed by atoms with van der Waals surface area (Å²) in [6, 6.07) is 9.14. The molecule has 8 heteroatoms. The second-order valence-corrected chi connectivity index (χ2v) is 6.87. The Hall–Kier alpha value is -3.00. The first-order valence-electron chi connectivity index (χ1n) is 8.93. The molecule has 0 radical (unpaired) electrons. The maximum absolute atomic E-state index is 14.2. The van der Waals surface area contributed by atoms with Gasteiger partial charge in [-0.15, -0.1) is 11.3 Å². The van der Waals surface area contributed by atoms with Gasteiger partial charge in [-0.3, -0.25) is 4.99 Å². The molecule has 0 aliphatic rings. The van der Waals surface area contributed by atoms with Crippen LogP contribution in [0.25, 0.3) is 11.3 Å². The summed E-state index contributed by atoms with van der Waals surface area (Å²) < 4.78 is 40.9. The van der Waals surface area contributed by atoms with E-state index in [0.717, 1.165) is 5.56 Å². The molecule has 2 aromatic carbocycles. The average molecular weight is 417 g/mol. The number of hydrogen-bond donors (Lipinski definition) is 0. The molecule has 1 heterocycles. The third-order valence-electron chi connectivity index (χ3n) is 4.24. The second kappa shape index (κ2) is 9.00. The van der Waals surface area contributed by atoms with Crippen LogP contribution in [0.2, 0.25) is 0 Å². The predicted molar refractivity (Wildman–Crippen MR) is 111 cm³/mol. The van der Waals surface area contributed by atoms with Gasteiger partial charge in [0.25, 0.3) is 0 Å². The molecule has 29 heavy (non-hydrogen) atoms. The summed E-state index contributed by atoms with van der Waals surface area (Å²) in [5.41, 5.74) is 1.43. The van der Waals surface area contributed by atoms with Crippen LogP contribution in [0.4, 0.5) is 8.78 Å². The molecule has 0 spiro atoms. The van der Waals surface area contributed by atoms with Crippen molar-refractivity contribution in [3.05, 3.63) is 63.8 Å². The van der Waals surface area contributed by atoms with Crippen LogP contribution in [0.1, 0.15) is 19.4 Å². The predicted octanol–water partition coefficient (Wildman–Crippen LogP) is 4.70. The van der Waals surface area contributed by atoms with Gasteiger partial charge in [0.05, 0.1) is 31.2 Å². The molecule has 5 nitrogen and oxygen atoms in total. The SMILES string of the molecule is CCN=c1scc(-c2cc(OC)ccc2OC)n1N=C(C)c1c(F)cccc1F. The molecule has 0 aliphatic heterocycles. The van der Waals surface area contributed by atoms with Crippen molar-refractivity contribution in [3.63, 3.8) is 0 Å². The summed E-state index contributed by atoms with van der Waals surface area (Å²) in [5, 5.41) is 6.39. The molecule has 0 fully saturated rings. The molecule has 0 saturated heterocycles. The number of rotatable bonds is 6. The highest BCUT2D eigenvalue weighted by Gasteiger charge is 2.16. The zero-order valence-corrected chi connectivity index (χ0v) is 17.4. The fourth-order valence-corrected chi connectivity index (χ4v) is 3.77. The summed E-state index contributed by atoms with van der Waals surface area (Å²) in [5.74, 6) is -0.0770. The van der Waals surface area contributed by atoms with E-state index in [9.17, 15) is 8.78 Å². The van der Waals surface area contributed by atoms with Gasteiger partial charge in [0.1, 0.15) is 23.1 Å². The molecule has 3 aromatic rings. The molecule has 0 atom stereocenters. The molecular weight excluding hydrogens is 396 g/mol. The third-order valence-corrected chi connectivity index (χ3v) is 5.09. The molecule has 1 aromatic heterocycles. The van der Waals surface area contributed by atoms with Crippen LogP contribution in [0.5, 0.6) is 11.5 Å². The molecule has 0 unspecified atom stereocenters. The van der Waals surface area contributed by atoms with Gasteiger partial charge in [0, 0.05) is 17.5 Å². The lowest BCUT2D eigenvalue weighted by molar-refractivity contribution is 0.404. The zero-order valence-electron chi connectivity index (χ0n) is 16.6. The maximum Gasteiger partial charge on any atom is 0.206 e. The Morgan fingerprint density at radius 2 is 1.83 bits per heavy atom. The lowest BCUT2D eigenvalue weighted by Gasteiger charge is -2.12. The summed E-state index contributed by atoms with van der Waals surface area (Å²) in [6.07, 6.45) is 0. The van der Waals surface area contributed by atoms with Crippen molar-refractivity contribution >= 4 is 17.0 Å². The van der Waals surface area contributed by atoms with E-state index in [1.54, 1.807) is 38.0 Å². The van der Waals surface area contributed by atoms with Gasteiger partial charge in [-0.25, -0.2) is 13.5 Å². The normalized spacial score (nSPS) is 12.3. The number of hydrogen-bond acceptors (Lipinski definition) is 5. The molecule has 0 N–H and O–H groups in total. The summed E-state index contributed by atoms with van der Waals surface area (Å²) in [4.78, 5) is 5.06. The zero-order chi connectivity index (χ0) is 21.0. The summed E-state index contributed by atoms with van der Waals surface area (Å²) in [7, 11) is 3.15. The van der Waals surface area contributed by atoms with E-state index >= 15 is 0 Å². The van der Waals surface area contributed by atoms with Crippen LogP contribution < -0.4 is 14.3 Å². The Balaban J connectivity index is 2.25. The molecule has 0 saturated carbocycles. The van der Waals surface area contributed by atoms with E-state index in [2.05, 4.69) is 10.1 Å². The fourth-order valence-electron chi connectivity index (χ4n) is 2.88. The Morgan fingerprint density at radius 1 is 1.10 bits per heavy atom. The Morgan fingerprint density at radius 3 is 2.45 bits per heavy atom. The average Bonchev–Trinajstić information content (AvgIpc) is 3.09. The standard InChI is InChI=1S/C21H21F2N3O2S/c1-5-24-21-26(25-13(2)20-16(22)7-6-8-17(20)23)18(12-29-21)15-11-14(27-3)9-10-19(15)28-4/h6-12H,5H2,1-4H3. The molecule has 152 valence electrons. The number of ether oxygens (including phenoxy) is 2. The van der Waals surface area contributed by atoms with Crippen LogP contribution >= 0.6 is 11.3 Å². The van der Waals surface area contributed by atoms with Gasteiger partial charge in [0.15, 0.2) is 0 Å². The monoisotopic (exact) mass is 417 g/mol. The maximum atomic E-state index is 14.2. The molecular formula is C21H21F2N3O2S. The highest BCUT2D eigenvalue weighted by Crippen LogP contribution is 2.33. The lowest BCUT2D eigenvalue weighted by atomic mass is 10.1. The number of methoxy groups -OCH3 is 2. The molecule has 0 amide bonds. The van der Waals surface area contributed by atoms with Crippen molar-refractivity contribution in [2.45, 2.75) is 13.8 Å². The highest BCUT2D eigenvalue weighted by molar-refractivity contribution is 7.07. The van der Waals surface area contributed by atoms with Crippen molar-refractivity contribution in [2.24, 2.45) is 10.1 Å². The van der Waals surface area contributed by atoms with Gasteiger partial charge in [-0.2, -0.15) is 5.10 Å². The number of benzene rings is 2. The van der Waals surface area contributed by atoms with Crippen LogP contribution in [-0.2, 0) is 0 Å². The van der Waals surface area contributed by atoms with Gasteiger partial charge in [-0.1, -0.05) is 6.07 Å². The van der Waals surface area contributed by atoms with Crippen molar-refractivity contribution in [1.82, 2.24) is 4.68 Å². The summed E-state index contributed by atoms with van der Waals surface area (Å²) in [6.45, 7) is 4.01. The van der Waals surface area contributed by atoms with Crippen molar-refractivity contribution in [1.29, 1.82) is 0 Å². The first kappa shape index (κ1) is 20.7. The van der Waals surface area contributed by atoms with Crippen LogP contribution in [0.15, 0.2) is 51.9 Å².